The summed E-state index contributed by atoms with van der Waals surface area (Å²) in [7, 11) is 0. The number of nitro benzene ring substituents is 1. The van der Waals surface area contributed by atoms with Crippen molar-refractivity contribution in [3.63, 3.8) is 0 Å². The molecule has 1 aromatic carbocycles. The van der Waals surface area contributed by atoms with Crippen molar-refractivity contribution < 1.29 is 4.92 Å². The third-order valence-corrected chi connectivity index (χ3v) is 3.58. The summed E-state index contributed by atoms with van der Waals surface area (Å²) in [4.78, 5) is 10.6. The number of hydrogen-bond acceptors (Lipinski definition) is 4. The number of anilines is 2. The smallest absolute Gasteiger partial charge is 0.314 e. The first-order chi connectivity index (χ1) is 8.39. The number of nitro groups is 1. The van der Waals surface area contributed by atoms with Crippen molar-refractivity contribution in [2.75, 3.05) is 11.1 Å². The van der Waals surface area contributed by atoms with E-state index in [2.05, 4.69) is 19.2 Å². The van der Waals surface area contributed by atoms with Crippen LogP contribution in [0.1, 0.15) is 33.1 Å². The topological polar surface area (TPSA) is 81.2 Å². The summed E-state index contributed by atoms with van der Waals surface area (Å²) < 4.78 is 0. The van der Waals surface area contributed by atoms with Gasteiger partial charge in [-0.3, -0.25) is 10.1 Å². The van der Waals surface area contributed by atoms with Crippen LogP contribution in [0.5, 0.6) is 0 Å². The lowest BCUT2D eigenvalue weighted by atomic mass is 9.92. The molecule has 0 aliphatic heterocycles. The Morgan fingerprint density at radius 2 is 2.22 bits per heavy atom. The molecule has 2 rings (SSSR count). The van der Waals surface area contributed by atoms with Crippen molar-refractivity contribution in [1.29, 1.82) is 0 Å². The molecule has 1 fully saturated rings. The lowest BCUT2D eigenvalue weighted by molar-refractivity contribution is -0.383. The molecule has 0 heterocycles. The Bertz CT molecular complexity index is 471. The quantitative estimate of drug-likeness (QED) is 0.489. The third-order valence-electron chi connectivity index (χ3n) is 3.58. The largest absolute Gasteiger partial charge is 0.393 e. The van der Waals surface area contributed by atoms with Gasteiger partial charge in [0.2, 0.25) is 0 Å². The summed E-state index contributed by atoms with van der Waals surface area (Å²) in [5, 5.41) is 14.3. The molecule has 1 aliphatic carbocycles. The lowest BCUT2D eigenvalue weighted by Gasteiger charge is -2.18. The molecular weight excluding hydrogens is 230 g/mol. The van der Waals surface area contributed by atoms with Crippen molar-refractivity contribution in [2.24, 2.45) is 5.41 Å². The predicted octanol–water partition coefficient (Wildman–Crippen LogP) is 3.17. The Kier molecular flexibility index (Phi) is 3.15. The van der Waals surface area contributed by atoms with E-state index in [1.807, 2.05) is 0 Å². The maximum absolute atomic E-state index is 11.0. The van der Waals surface area contributed by atoms with Crippen LogP contribution < -0.4 is 11.1 Å². The maximum Gasteiger partial charge on any atom is 0.314 e. The van der Waals surface area contributed by atoms with Crippen LogP contribution in [0.2, 0.25) is 0 Å². The number of nitrogens with zero attached hydrogens (tertiary/aromatic N) is 1. The van der Waals surface area contributed by atoms with E-state index < -0.39 is 4.92 Å². The second-order valence-electron chi connectivity index (χ2n) is 5.75. The minimum Gasteiger partial charge on any atom is -0.393 e. The number of nitrogens with two attached hydrogens (primary N) is 1. The normalized spacial score (nSPS) is 21.8. The van der Waals surface area contributed by atoms with E-state index in [1.165, 1.54) is 0 Å². The molecule has 0 aromatic heterocycles. The van der Waals surface area contributed by atoms with E-state index >= 15 is 0 Å². The second-order valence-corrected chi connectivity index (χ2v) is 5.75. The molecule has 1 aromatic rings. The molecule has 5 heteroatoms. The van der Waals surface area contributed by atoms with Gasteiger partial charge in [0.25, 0.3) is 0 Å². The van der Waals surface area contributed by atoms with E-state index in [4.69, 9.17) is 5.73 Å². The molecular formula is C13H19N3O2. The Balaban J connectivity index is 2.20. The molecule has 0 saturated heterocycles. The first kappa shape index (κ1) is 12.7. The summed E-state index contributed by atoms with van der Waals surface area (Å²) >= 11 is 0. The highest BCUT2D eigenvalue weighted by Crippen LogP contribution is 2.40. The van der Waals surface area contributed by atoms with Crippen molar-refractivity contribution in [3.05, 3.63) is 28.3 Å². The zero-order valence-corrected chi connectivity index (χ0v) is 10.8. The summed E-state index contributed by atoms with van der Waals surface area (Å²) in [6.45, 7) is 4.45. The molecule has 18 heavy (non-hydrogen) atoms. The number of nitrogens with one attached hydrogen (secondary N) is 1. The molecule has 5 nitrogen and oxygen atoms in total. The number of benzene rings is 1. The average Bonchev–Trinajstić information content (AvgIpc) is 2.57. The predicted molar refractivity (Wildman–Crippen MR) is 72.6 cm³/mol. The highest BCUT2D eigenvalue weighted by Gasteiger charge is 2.32. The van der Waals surface area contributed by atoms with Gasteiger partial charge in [0.15, 0.2) is 0 Å². The van der Waals surface area contributed by atoms with Crippen LogP contribution in [0, 0.1) is 15.5 Å². The zero-order valence-electron chi connectivity index (χ0n) is 10.8. The standard InChI is InChI=1S/C13H19N3O2/c1-13(2)7-6-9(8-13)15-11-5-3-4-10(14)12(11)16(17)18/h3-5,9,15H,6-8,14H2,1-2H3. The van der Waals surface area contributed by atoms with Crippen LogP contribution in [0.15, 0.2) is 18.2 Å². The van der Waals surface area contributed by atoms with Gasteiger partial charge in [-0.2, -0.15) is 0 Å². The molecule has 1 saturated carbocycles. The molecule has 1 aliphatic rings. The second kappa shape index (κ2) is 4.48. The maximum atomic E-state index is 11.0. The van der Waals surface area contributed by atoms with E-state index in [1.54, 1.807) is 18.2 Å². The number of para-hydroxylation sites is 1. The minimum atomic E-state index is -0.419. The molecule has 0 spiro atoms. The fourth-order valence-electron chi connectivity index (χ4n) is 2.66. The number of hydrogen-bond donors (Lipinski definition) is 2. The van der Waals surface area contributed by atoms with Gasteiger partial charge in [-0.1, -0.05) is 19.9 Å². The number of rotatable bonds is 3. The summed E-state index contributed by atoms with van der Waals surface area (Å²) in [5.74, 6) is 0. The van der Waals surface area contributed by atoms with E-state index in [-0.39, 0.29) is 11.4 Å². The van der Waals surface area contributed by atoms with Gasteiger partial charge in [-0.05, 0) is 36.8 Å². The van der Waals surface area contributed by atoms with E-state index in [9.17, 15) is 10.1 Å². The van der Waals surface area contributed by atoms with Gasteiger partial charge in [0.1, 0.15) is 11.4 Å². The van der Waals surface area contributed by atoms with Crippen LogP contribution in [0.3, 0.4) is 0 Å². The minimum absolute atomic E-state index is 0.0118. The van der Waals surface area contributed by atoms with Crippen molar-refractivity contribution in [3.8, 4) is 0 Å². The molecule has 0 radical (unpaired) electrons. The first-order valence-corrected chi connectivity index (χ1v) is 6.18. The lowest BCUT2D eigenvalue weighted by Crippen LogP contribution is -2.18. The average molecular weight is 249 g/mol. The molecule has 0 amide bonds. The summed E-state index contributed by atoms with van der Waals surface area (Å²) in [6.07, 6.45) is 3.21. The van der Waals surface area contributed by atoms with Gasteiger partial charge in [-0.15, -0.1) is 0 Å². The van der Waals surface area contributed by atoms with E-state index in [0.29, 0.717) is 17.1 Å². The number of nitrogen functional groups attached to an aromatic ring is 1. The summed E-state index contributed by atoms with van der Waals surface area (Å²) in [5.41, 5.74) is 6.71. The molecule has 1 atom stereocenters. The highest BCUT2D eigenvalue weighted by molar-refractivity contribution is 5.74. The third kappa shape index (κ3) is 2.55. The van der Waals surface area contributed by atoms with Gasteiger partial charge in [0, 0.05) is 6.04 Å². The van der Waals surface area contributed by atoms with Crippen LogP contribution >= 0.6 is 0 Å². The highest BCUT2D eigenvalue weighted by atomic mass is 16.6. The van der Waals surface area contributed by atoms with Gasteiger partial charge >= 0.3 is 5.69 Å². The summed E-state index contributed by atoms with van der Waals surface area (Å²) in [6, 6.07) is 5.31. The van der Waals surface area contributed by atoms with Gasteiger partial charge < -0.3 is 11.1 Å². The SMILES string of the molecule is CC1(C)CCC(Nc2cccc(N)c2[N+](=O)[O-])C1. The van der Waals surface area contributed by atoms with Crippen LogP contribution in [-0.4, -0.2) is 11.0 Å². The molecule has 1 unspecified atom stereocenters. The van der Waals surface area contributed by atoms with Gasteiger partial charge in [-0.25, -0.2) is 0 Å². The van der Waals surface area contributed by atoms with Crippen molar-refractivity contribution in [2.45, 2.75) is 39.2 Å². The van der Waals surface area contributed by atoms with Gasteiger partial charge in [0.05, 0.1) is 4.92 Å². The van der Waals surface area contributed by atoms with Crippen molar-refractivity contribution >= 4 is 17.1 Å². The fourth-order valence-corrected chi connectivity index (χ4v) is 2.66. The Morgan fingerprint density at radius 3 is 2.78 bits per heavy atom. The fraction of sp³-hybridized carbons (Fsp3) is 0.538. The Labute approximate surface area is 107 Å². The first-order valence-electron chi connectivity index (χ1n) is 6.18. The van der Waals surface area contributed by atoms with Crippen molar-refractivity contribution in [1.82, 2.24) is 0 Å². The Hall–Kier alpha value is -1.78. The Morgan fingerprint density at radius 1 is 1.50 bits per heavy atom. The van der Waals surface area contributed by atoms with E-state index in [0.717, 1.165) is 19.3 Å². The molecule has 0 bridgehead atoms. The van der Waals surface area contributed by atoms with Crippen LogP contribution in [0.25, 0.3) is 0 Å². The molecule has 98 valence electrons. The monoisotopic (exact) mass is 249 g/mol. The zero-order chi connectivity index (χ0) is 13.3. The van der Waals surface area contributed by atoms with Crippen LogP contribution in [0.4, 0.5) is 17.1 Å². The molecule has 3 N–H and O–H groups in total. The van der Waals surface area contributed by atoms with Crippen LogP contribution in [-0.2, 0) is 0 Å².